The Morgan fingerprint density at radius 2 is 2.00 bits per heavy atom. The molecule has 0 radical (unpaired) electrons. The molecule has 1 aromatic carbocycles. The quantitative estimate of drug-likeness (QED) is 0.730. The molecular weight excluding hydrogens is 385 g/mol. The largest absolute Gasteiger partial charge is 0.495 e. The van der Waals surface area contributed by atoms with Crippen molar-refractivity contribution in [3.8, 4) is 11.5 Å². The lowest BCUT2D eigenvalue weighted by molar-refractivity contribution is 0.393. The first-order valence-corrected chi connectivity index (χ1v) is 6.40. The summed E-state index contributed by atoms with van der Waals surface area (Å²) in [7, 11) is 3.28. The van der Waals surface area contributed by atoms with Gasteiger partial charge in [-0.1, -0.05) is 0 Å². The second kappa shape index (κ2) is 4.75. The molecule has 5 heteroatoms. The molecule has 0 bridgehead atoms. The van der Waals surface area contributed by atoms with Crippen molar-refractivity contribution in [1.29, 1.82) is 0 Å². The Kier molecular flexibility index (Phi) is 3.53. The van der Waals surface area contributed by atoms with E-state index in [1.54, 1.807) is 20.4 Å². The smallest absolute Gasteiger partial charge is 0.145 e. The summed E-state index contributed by atoms with van der Waals surface area (Å²) in [5.41, 5.74) is 0. The highest BCUT2D eigenvalue weighted by molar-refractivity contribution is 14.1. The van der Waals surface area contributed by atoms with Crippen LogP contribution < -0.4 is 9.47 Å². The summed E-state index contributed by atoms with van der Waals surface area (Å²) in [6.45, 7) is 0. The molecule has 0 amide bonds. The van der Waals surface area contributed by atoms with Crippen LogP contribution in [-0.2, 0) is 0 Å². The summed E-state index contributed by atoms with van der Waals surface area (Å²) in [6.07, 6.45) is 3.61. The minimum absolute atomic E-state index is 0.744. The van der Waals surface area contributed by atoms with Crippen LogP contribution in [0.4, 0.5) is 0 Å². The van der Waals surface area contributed by atoms with E-state index in [0.717, 1.165) is 30.3 Å². The summed E-state index contributed by atoms with van der Waals surface area (Å²) in [4.78, 5) is 4.16. The molecule has 0 spiro atoms. The number of fused-ring (bicyclic) bond motifs is 1. The number of ether oxygens (including phenoxy) is 2. The van der Waals surface area contributed by atoms with Crippen LogP contribution in [0.3, 0.4) is 0 Å². The van der Waals surface area contributed by atoms with E-state index in [4.69, 9.17) is 9.47 Å². The Bertz CT molecular complexity index is 545. The Hall–Kier alpha value is -0.560. The highest BCUT2D eigenvalue weighted by atomic mass is 127. The van der Waals surface area contributed by atoms with E-state index >= 15 is 0 Å². The van der Waals surface area contributed by atoms with Crippen LogP contribution >= 0.6 is 38.5 Å². The molecule has 2 rings (SSSR count). The summed E-state index contributed by atoms with van der Waals surface area (Å²) < 4.78 is 12.6. The minimum atomic E-state index is 0.744. The van der Waals surface area contributed by atoms with Gasteiger partial charge in [0.25, 0.3) is 0 Å². The summed E-state index contributed by atoms with van der Waals surface area (Å²) in [6, 6.07) is 1.94. The van der Waals surface area contributed by atoms with E-state index in [1.807, 2.05) is 12.3 Å². The van der Waals surface area contributed by atoms with E-state index in [1.165, 1.54) is 0 Å². The van der Waals surface area contributed by atoms with Gasteiger partial charge in [-0.05, 0) is 44.6 Å². The first kappa shape index (κ1) is 11.9. The molecule has 0 atom stereocenters. The van der Waals surface area contributed by atoms with Crippen LogP contribution in [0.1, 0.15) is 0 Å². The molecule has 0 aliphatic carbocycles. The zero-order valence-corrected chi connectivity index (χ0v) is 12.5. The van der Waals surface area contributed by atoms with Crippen molar-refractivity contribution in [2.45, 2.75) is 0 Å². The van der Waals surface area contributed by atoms with Gasteiger partial charge in [-0.3, -0.25) is 4.98 Å². The third-order valence-electron chi connectivity index (χ3n) is 2.28. The topological polar surface area (TPSA) is 31.4 Å². The number of aromatic nitrogens is 1. The van der Waals surface area contributed by atoms with Crippen molar-refractivity contribution >= 4 is 49.3 Å². The van der Waals surface area contributed by atoms with Crippen molar-refractivity contribution in [3.63, 3.8) is 0 Å². The molecule has 0 unspecified atom stereocenters. The maximum atomic E-state index is 5.42. The fourth-order valence-electron chi connectivity index (χ4n) is 1.57. The van der Waals surface area contributed by atoms with Crippen molar-refractivity contribution in [3.05, 3.63) is 26.5 Å². The Labute approximate surface area is 115 Å². The van der Waals surface area contributed by atoms with E-state index < -0.39 is 0 Å². The Balaban J connectivity index is 2.90. The fourth-order valence-corrected chi connectivity index (χ4v) is 2.92. The van der Waals surface area contributed by atoms with Gasteiger partial charge in [0.1, 0.15) is 16.0 Å². The highest BCUT2D eigenvalue weighted by Gasteiger charge is 2.14. The number of methoxy groups -OCH3 is 2. The zero-order chi connectivity index (χ0) is 11.7. The number of benzene rings is 1. The van der Waals surface area contributed by atoms with Gasteiger partial charge in [-0.25, -0.2) is 0 Å². The predicted octanol–water partition coefficient (Wildman–Crippen LogP) is 3.62. The number of nitrogens with zero attached hydrogens (tertiary/aromatic N) is 1. The average Bonchev–Trinajstić information content (AvgIpc) is 2.29. The molecule has 0 saturated heterocycles. The summed E-state index contributed by atoms with van der Waals surface area (Å²) >= 11 is 5.73. The van der Waals surface area contributed by atoms with E-state index in [0.29, 0.717) is 0 Å². The normalized spacial score (nSPS) is 10.5. The lowest BCUT2D eigenvalue weighted by Crippen LogP contribution is -1.93. The molecule has 1 aromatic heterocycles. The zero-order valence-electron chi connectivity index (χ0n) is 8.75. The molecule has 16 heavy (non-hydrogen) atoms. The molecule has 0 fully saturated rings. The van der Waals surface area contributed by atoms with Gasteiger partial charge >= 0.3 is 0 Å². The van der Waals surface area contributed by atoms with Gasteiger partial charge in [0.15, 0.2) is 0 Å². The SMILES string of the molecule is COc1cc2cncc(I)c2c(OC)c1Br. The first-order chi connectivity index (χ1) is 7.69. The van der Waals surface area contributed by atoms with Crippen LogP contribution in [-0.4, -0.2) is 19.2 Å². The van der Waals surface area contributed by atoms with Gasteiger partial charge in [-0.15, -0.1) is 0 Å². The van der Waals surface area contributed by atoms with Gasteiger partial charge in [0.05, 0.1) is 14.2 Å². The number of rotatable bonds is 2. The molecule has 0 aliphatic heterocycles. The van der Waals surface area contributed by atoms with E-state index in [-0.39, 0.29) is 0 Å². The standard InChI is InChI=1S/C11H9BrINO2/c1-15-8-3-6-4-14-5-7(13)9(6)11(16-2)10(8)12/h3-5H,1-2H3. The fraction of sp³-hybridized carbons (Fsp3) is 0.182. The third kappa shape index (κ3) is 1.86. The molecule has 84 valence electrons. The Morgan fingerprint density at radius 3 is 2.62 bits per heavy atom. The summed E-state index contributed by atoms with van der Waals surface area (Å²) in [5, 5.41) is 2.05. The van der Waals surface area contributed by atoms with Gasteiger partial charge in [-0.2, -0.15) is 0 Å². The van der Waals surface area contributed by atoms with Crippen molar-refractivity contribution in [1.82, 2.24) is 4.98 Å². The number of hydrogen-bond acceptors (Lipinski definition) is 3. The minimum Gasteiger partial charge on any atom is -0.495 e. The van der Waals surface area contributed by atoms with Crippen molar-refractivity contribution in [2.24, 2.45) is 0 Å². The monoisotopic (exact) mass is 393 g/mol. The van der Waals surface area contributed by atoms with Gasteiger partial charge < -0.3 is 9.47 Å². The van der Waals surface area contributed by atoms with Crippen LogP contribution in [0.25, 0.3) is 10.8 Å². The predicted molar refractivity (Wildman–Crippen MR) is 75.3 cm³/mol. The van der Waals surface area contributed by atoms with Crippen LogP contribution in [0.15, 0.2) is 22.9 Å². The highest BCUT2D eigenvalue weighted by Crippen LogP contribution is 2.42. The van der Waals surface area contributed by atoms with Crippen molar-refractivity contribution in [2.75, 3.05) is 14.2 Å². The molecule has 2 aromatic rings. The third-order valence-corrected chi connectivity index (χ3v) is 3.85. The maximum absolute atomic E-state index is 5.42. The van der Waals surface area contributed by atoms with Crippen LogP contribution in [0.5, 0.6) is 11.5 Å². The molecule has 3 nitrogen and oxygen atoms in total. The summed E-state index contributed by atoms with van der Waals surface area (Å²) in [5.74, 6) is 1.52. The maximum Gasteiger partial charge on any atom is 0.145 e. The Morgan fingerprint density at radius 1 is 1.25 bits per heavy atom. The lowest BCUT2D eigenvalue weighted by Gasteiger charge is -2.12. The second-order valence-electron chi connectivity index (χ2n) is 3.15. The average molecular weight is 394 g/mol. The number of halogens is 2. The first-order valence-electron chi connectivity index (χ1n) is 4.52. The number of pyridine rings is 1. The molecule has 0 saturated carbocycles. The molecular formula is C11H9BrINO2. The van der Waals surface area contributed by atoms with Gasteiger partial charge in [0.2, 0.25) is 0 Å². The van der Waals surface area contributed by atoms with E-state index in [9.17, 15) is 0 Å². The van der Waals surface area contributed by atoms with E-state index in [2.05, 4.69) is 43.5 Å². The molecule has 1 heterocycles. The van der Waals surface area contributed by atoms with Gasteiger partial charge in [0, 0.05) is 26.7 Å². The molecule has 0 N–H and O–H groups in total. The second-order valence-corrected chi connectivity index (χ2v) is 5.10. The van der Waals surface area contributed by atoms with Crippen LogP contribution in [0.2, 0.25) is 0 Å². The van der Waals surface area contributed by atoms with Crippen LogP contribution in [0, 0.1) is 3.57 Å². The lowest BCUT2D eigenvalue weighted by atomic mass is 10.1. The number of hydrogen-bond donors (Lipinski definition) is 0. The van der Waals surface area contributed by atoms with Crippen molar-refractivity contribution < 1.29 is 9.47 Å². The molecule has 0 aliphatic rings.